The zero-order valence-corrected chi connectivity index (χ0v) is 13.9. The van der Waals surface area contributed by atoms with Crippen molar-refractivity contribution in [3.8, 4) is 0 Å². The van der Waals surface area contributed by atoms with Gasteiger partial charge in [0, 0.05) is 13.2 Å². The van der Waals surface area contributed by atoms with Gasteiger partial charge in [-0.15, -0.1) is 0 Å². The van der Waals surface area contributed by atoms with E-state index < -0.39 is 0 Å². The molecule has 0 aliphatic heterocycles. The largest absolute Gasteiger partial charge is 0.374 e. The number of ether oxygens (including phenoxy) is 1. The van der Waals surface area contributed by atoms with Gasteiger partial charge in [-0.05, 0) is 37.5 Å². The van der Waals surface area contributed by atoms with Crippen molar-refractivity contribution >= 4 is 0 Å². The van der Waals surface area contributed by atoms with Gasteiger partial charge >= 0.3 is 0 Å². The number of nitrogens with one attached hydrogen (secondary N) is 1. The van der Waals surface area contributed by atoms with Crippen LogP contribution in [0.1, 0.15) is 64.8 Å². The van der Waals surface area contributed by atoms with Gasteiger partial charge in [0.15, 0.2) is 5.82 Å². The van der Waals surface area contributed by atoms with Crippen LogP contribution in [0.25, 0.3) is 0 Å². The lowest BCUT2D eigenvalue weighted by atomic mass is 9.74. The van der Waals surface area contributed by atoms with Crippen LogP contribution in [0.3, 0.4) is 0 Å². The Labute approximate surface area is 127 Å². The minimum atomic E-state index is -0.124. The molecule has 0 radical (unpaired) electrons. The molecule has 0 unspecified atom stereocenters. The van der Waals surface area contributed by atoms with Crippen molar-refractivity contribution in [2.45, 2.75) is 65.6 Å². The molecule has 1 N–H and O–H groups in total. The van der Waals surface area contributed by atoms with Gasteiger partial charge in [-0.3, -0.25) is 0 Å². The molecule has 21 heavy (non-hydrogen) atoms. The molecule has 1 aliphatic rings. The molecule has 1 saturated carbocycles. The minimum Gasteiger partial charge on any atom is -0.374 e. The predicted octanol–water partition coefficient (Wildman–Crippen LogP) is 3.33. The summed E-state index contributed by atoms with van der Waals surface area (Å²) < 4.78 is 10.5. The first kappa shape index (κ1) is 16.4. The Kier molecular flexibility index (Phi) is 5.76. The van der Waals surface area contributed by atoms with E-state index in [0.717, 1.165) is 11.8 Å². The van der Waals surface area contributed by atoms with Gasteiger partial charge in [0.1, 0.15) is 6.10 Å². The Morgan fingerprint density at radius 1 is 1.33 bits per heavy atom. The van der Waals surface area contributed by atoms with E-state index >= 15 is 0 Å². The van der Waals surface area contributed by atoms with E-state index in [0.29, 0.717) is 30.2 Å². The monoisotopic (exact) mass is 295 g/mol. The fourth-order valence-electron chi connectivity index (χ4n) is 3.27. The van der Waals surface area contributed by atoms with Crippen molar-refractivity contribution < 1.29 is 9.26 Å². The van der Waals surface area contributed by atoms with E-state index in [2.05, 4.69) is 36.2 Å². The molecule has 0 bridgehead atoms. The van der Waals surface area contributed by atoms with Crippen LogP contribution in [-0.2, 0) is 11.3 Å². The number of rotatable bonds is 6. The fraction of sp³-hybridized carbons (Fsp3) is 0.875. The summed E-state index contributed by atoms with van der Waals surface area (Å²) in [5.74, 6) is 3.51. The highest BCUT2D eigenvalue weighted by molar-refractivity contribution is 4.91. The summed E-state index contributed by atoms with van der Waals surface area (Å²) in [6.45, 7) is 9.54. The third kappa shape index (κ3) is 4.27. The average Bonchev–Trinajstić information content (AvgIpc) is 2.93. The highest BCUT2D eigenvalue weighted by Gasteiger charge is 2.30. The molecule has 0 saturated heterocycles. The minimum absolute atomic E-state index is 0.124. The van der Waals surface area contributed by atoms with E-state index in [9.17, 15) is 0 Å². The van der Waals surface area contributed by atoms with Crippen LogP contribution in [0.5, 0.6) is 0 Å². The van der Waals surface area contributed by atoms with E-state index in [1.807, 2.05) is 6.92 Å². The molecular weight excluding hydrogens is 266 g/mol. The molecule has 0 amide bonds. The fourth-order valence-corrected chi connectivity index (χ4v) is 3.27. The van der Waals surface area contributed by atoms with Gasteiger partial charge < -0.3 is 14.6 Å². The maximum atomic E-state index is 5.30. The summed E-state index contributed by atoms with van der Waals surface area (Å²) >= 11 is 0. The lowest BCUT2D eigenvalue weighted by molar-refractivity contribution is 0.109. The van der Waals surface area contributed by atoms with Crippen molar-refractivity contribution in [3.05, 3.63) is 11.7 Å². The summed E-state index contributed by atoms with van der Waals surface area (Å²) in [5.41, 5.74) is 0. The van der Waals surface area contributed by atoms with Crippen molar-refractivity contribution in [2.24, 2.45) is 17.8 Å². The molecule has 1 aromatic rings. The number of hydrogen-bond donors (Lipinski definition) is 1. The second kappa shape index (κ2) is 7.36. The Hall–Kier alpha value is -0.940. The Balaban J connectivity index is 1.92. The molecule has 5 heteroatoms. The van der Waals surface area contributed by atoms with Crippen molar-refractivity contribution in [1.29, 1.82) is 0 Å². The topological polar surface area (TPSA) is 60.2 Å². The molecule has 1 aliphatic carbocycles. The lowest BCUT2D eigenvalue weighted by Crippen LogP contribution is -2.42. The summed E-state index contributed by atoms with van der Waals surface area (Å²) in [6, 6.07) is 0.545. The number of nitrogens with zero attached hydrogens (tertiary/aromatic N) is 2. The van der Waals surface area contributed by atoms with Crippen LogP contribution >= 0.6 is 0 Å². The Bertz CT molecular complexity index is 433. The van der Waals surface area contributed by atoms with Crippen molar-refractivity contribution in [1.82, 2.24) is 15.5 Å². The van der Waals surface area contributed by atoms with Crippen LogP contribution in [0.4, 0.5) is 0 Å². The second-order valence-electron chi connectivity index (χ2n) is 6.74. The van der Waals surface area contributed by atoms with Gasteiger partial charge in [-0.2, -0.15) is 4.98 Å². The van der Waals surface area contributed by atoms with Gasteiger partial charge in [0.2, 0.25) is 5.89 Å². The third-order valence-corrected chi connectivity index (χ3v) is 4.74. The first-order valence-corrected chi connectivity index (χ1v) is 8.09. The average molecular weight is 295 g/mol. The highest BCUT2D eigenvalue weighted by atomic mass is 16.5. The van der Waals surface area contributed by atoms with Crippen LogP contribution in [0.15, 0.2) is 4.52 Å². The second-order valence-corrected chi connectivity index (χ2v) is 6.74. The lowest BCUT2D eigenvalue weighted by Gasteiger charge is -2.37. The normalized spacial score (nSPS) is 28.0. The Morgan fingerprint density at radius 3 is 2.76 bits per heavy atom. The molecular formula is C16H29N3O2. The van der Waals surface area contributed by atoms with Crippen LogP contribution in [0, 0.1) is 17.8 Å². The highest BCUT2D eigenvalue weighted by Crippen LogP contribution is 2.33. The summed E-state index contributed by atoms with van der Waals surface area (Å²) in [7, 11) is 1.65. The maximum absolute atomic E-state index is 5.30. The van der Waals surface area contributed by atoms with Crippen LogP contribution in [0.2, 0.25) is 0 Å². The van der Waals surface area contributed by atoms with Gasteiger partial charge in [-0.25, -0.2) is 0 Å². The predicted molar refractivity (Wildman–Crippen MR) is 81.7 cm³/mol. The molecule has 2 rings (SSSR count). The molecule has 0 spiro atoms. The van der Waals surface area contributed by atoms with Crippen molar-refractivity contribution in [3.63, 3.8) is 0 Å². The number of methoxy groups -OCH3 is 1. The summed E-state index contributed by atoms with van der Waals surface area (Å²) in [5, 5.41) is 7.60. The summed E-state index contributed by atoms with van der Waals surface area (Å²) in [4.78, 5) is 4.39. The summed E-state index contributed by atoms with van der Waals surface area (Å²) in [6.07, 6.45) is 3.77. The van der Waals surface area contributed by atoms with E-state index in [1.54, 1.807) is 7.11 Å². The Morgan fingerprint density at radius 2 is 2.10 bits per heavy atom. The maximum Gasteiger partial charge on any atom is 0.240 e. The zero-order valence-electron chi connectivity index (χ0n) is 13.9. The third-order valence-electron chi connectivity index (χ3n) is 4.74. The smallest absolute Gasteiger partial charge is 0.240 e. The quantitative estimate of drug-likeness (QED) is 0.872. The van der Waals surface area contributed by atoms with E-state index in [1.165, 1.54) is 19.3 Å². The van der Waals surface area contributed by atoms with Crippen LogP contribution in [-0.4, -0.2) is 23.3 Å². The van der Waals surface area contributed by atoms with Crippen molar-refractivity contribution in [2.75, 3.05) is 7.11 Å². The molecule has 4 atom stereocenters. The first-order chi connectivity index (χ1) is 10.0. The standard InChI is InChI=1S/C16H29N3O2/c1-10(2)13-7-6-11(3)8-14(13)17-9-15-18-16(19-21-15)12(4)20-5/h10-14,17H,6-9H2,1-5H3/t11-,12+,13-,14+/m0/s1. The molecule has 1 fully saturated rings. The number of hydrogen-bond acceptors (Lipinski definition) is 5. The van der Waals surface area contributed by atoms with E-state index in [-0.39, 0.29) is 6.10 Å². The molecule has 120 valence electrons. The van der Waals surface area contributed by atoms with E-state index in [4.69, 9.17) is 9.26 Å². The SMILES string of the molecule is CO[C@H](C)c1noc(CN[C@@H]2C[C@@H](C)CC[C@H]2C(C)C)n1. The zero-order chi connectivity index (χ0) is 15.4. The first-order valence-electron chi connectivity index (χ1n) is 8.09. The number of aromatic nitrogens is 2. The molecule has 0 aromatic carbocycles. The molecule has 1 heterocycles. The van der Waals surface area contributed by atoms with Gasteiger partial charge in [-0.1, -0.05) is 32.3 Å². The molecule has 5 nitrogen and oxygen atoms in total. The van der Waals surface area contributed by atoms with Crippen LogP contribution < -0.4 is 5.32 Å². The van der Waals surface area contributed by atoms with Gasteiger partial charge in [0.25, 0.3) is 0 Å². The molecule has 1 aromatic heterocycles. The van der Waals surface area contributed by atoms with Gasteiger partial charge in [0.05, 0.1) is 6.54 Å².